The van der Waals surface area contributed by atoms with Gasteiger partial charge in [-0.2, -0.15) is 0 Å². The minimum absolute atomic E-state index is 0.496. The van der Waals surface area contributed by atoms with Gasteiger partial charge in [0.25, 0.3) is 0 Å². The van der Waals surface area contributed by atoms with Crippen LogP contribution in [-0.2, 0) is 17.9 Å². The molecular weight excluding hydrogens is 226 g/mol. The second-order valence-electron chi connectivity index (χ2n) is 4.68. The van der Waals surface area contributed by atoms with Crippen molar-refractivity contribution < 1.29 is 4.74 Å². The van der Waals surface area contributed by atoms with Gasteiger partial charge in [-0.15, -0.1) is 0 Å². The van der Waals surface area contributed by atoms with E-state index in [0.29, 0.717) is 25.0 Å². The first-order valence-corrected chi connectivity index (χ1v) is 6.23. The largest absolute Gasteiger partial charge is 0.380 e. The van der Waals surface area contributed by atoms with Crippen molar-refractivity contribution in [2.45, 2.75) is 27.0 Å². The summed E-state index contributed by atoms with van der Waals surface area (Å²) in [6, 6.07) is 8.10. The molecule has 1 aromatic carbocycles. The van der Waals surface area contributed by atoms with Crippen LogP contribution in [0.2, 0.25) is 0 Å². The fourth-order valence-corrected chi connectivity index (χ4v) is 1.54. The monoisotopic (exact) mass is 249 g/mol. The number of nitrogens with one attached hydrogen (secondary N) is 1. The van der Waals surface area contributed by atoms with Crippen molar-refractivity contribution in [1.82, 2.24) is 5.32 Å². The number of hydrogen-bond acceptors (Lipinski definition) is 2. The average molecular weight is 249 g/mol. The van der Waals surface area contributed by atoms with E-state index < -0.39 is 0 Å². The van der Waals surface area contributed by atoms with Crippen LogP contribution in [0, 0.1) is 5.92 Å². The Hall–Kier alpha value is -1.55. The lowest BCUT2D eigenvalue weighted by atomic mass is 10.1. The number of hydrogen-bond donors (Lipinski definition) is 2. The lowest BCUT2D eigenvalue weighted by Crippen LogP contribution is -2.34. The van der Waals surface area contributed by atoms with Crippen molar-refractivity contribution in [3.8, 4) is 0 Å². The predicted molar refractivity (Wildman–Crippen MR) is 75.3 cm³/mol. The van der Waals surface area contributed by atoms with Crippen LogP contribution in [0.4, 0.5) is 0 Å². The maximum Gasteiger partial charge on any atom is 0.188 e. The molecule has 100 valence electrons. The molecule has 4 heteroatoms. The van der Waals surface area contributed by atoms with Gasteiger partial charge in [0.05, 0.1) is 13.2 Å². The quantitative estimate of drug-likeness (QED) is 0.598. The van der Waals surface area contributed by atoms with Gasteiger partial charge in [-0.1, -0.05) is 38.1 Å². The van der Waals surface area contributed by atoms with E-state index in [4.69, 9.17) is 10.5 Å². The Morgan fingerprint density at radius 1 is 1.33 bits per heavy atom. The lowest BCUT2D eigenvalue weighted by molar-refractivity contribution is 0.184. The molecule has 0 aliphatic heterocycles. The Bertz CT molecular complexity index is 388. The first kappa shape index (κ1) is 14.5. The molecule has 1 rings (SSSR count). The topological polar surface area (TPSA) is 59.6 Å². The second-order valence-corrected chi connectivity index (χ2v) is 4.68. The molecular formula is C14H23N3O. The van der Waals surface area contributed by atoms with Gasteiger partial charge in [0.15, 0.2) is 5.96 Å². The molecule has 0 amide bonds. The van der Waals surface area contributed by atoms with E-state index in [1.54, 1.807) is 7.11 Å². The van der Waals surface area contributed by atoms with Gasteiger partial charge in [-0.25, -0.2) is 4.99 Å². The first-order chi connectivity index (χ1) is 8.63. The fourth-order valence-electron chi connectivity index (χ4n) is 1.54. The Morgan fingerprint density at radius 2 is 2.00 bits per heavy atom. The van der Waals surface area contributed by atoms with Gasteiger partial charge in [0.2, 0.25) is 0 Å². The first-order valence-electron chi connectivity index (χ1n) is 6.23. The minimum atomic E-state index is 0.496. The third-order valence-corrected chi connectivity index (χ3v) is 2.53. The highest BCUT2D eigenvalue weighted by molar-refractivity contribution is 5.77. The molecule has 0 unspecified atom stereocenters. The van der Waals surface area contributed by atoms with Crippen LogP contribution in [0.5, 0.6) is 0 Å². The highest BCUT2D eigenvalue weighted by Gasteiger charge is 2.01. The summed E-state index contributed by atoms with van der Waals surface area (Å²) in [5.74, 6) is 1.05. The maximum absolute atomic E-state index is 5.80. The number of rotatable bonds is 6. The van der Waals surface area contributed by atoms with Gasteiger partial charge < -0.3 is 15.8 Å². The van der Waals surface area contributed by atoms with E-state index in [1.807, 2.05) is 24.3 Å². The number of aliphatic imine (C=N–C) groups is 1. The van der Waals surface area contributed by atoms with Gasteiger partial charge in [0, 0.05) is 13.7 Å². The molecule has 0 aliphatic carbocycles. The van der Waals surface area contributed by atoms with Crippen molar-refractivity contribution >= 4 is 5.96 Å². The number of benzene rings is 1. The number of nitrogens with zero attached hydrogens (tertiary/aromatic N) is 1. The van der Waals surface area contributed by atoms with E-state index in [9.17, 15) is 0 Å². The van der Waals surface area contributed by atoms with Crippen LogP contribution in [0.25, 0.3) is 0 Å². The highest BCUT2D eigenvalue weighted by Crippen LogP contribution is 2.10. The van der Waals surface area contributed by atoms with E-state index >= 15 is 0 Å². The highest BCUT2D eigenvalue weighted by atomic mass is 16.5. The molecule has 18 heavy (non-hydrogen) atoms. The third-order valence-electron chi connectivity index (χ3n) is 2.53. The molecule has 0 saturated heterocycles. The zero-order chi connectivity index (χ0) is 13.4. The number of ether oxygens (including phenoxy) is 1. The van der Waals surface area contributed by atoms with E-state index in [1.165, 1.54) is 0 Å². The summed E-state index contributed by atoms with van der Waals surface area (Å²) in [6.07, 6.45) is 0. The molecule has 0 aromatic heterocycles. The van der Waals surface area contributed by atoms with Crippen LogP contribution >= 0.6 is 0 Å². The van der Waals surface area contributed by atoms with Crippen molar-refractivity contribution in [3.63, 3.8) is 0 Å². The predicted octanol–water partition coefficient (Wildman–Crippen LogP) is 1.89. The Balaban J connectivity index is 2.58. The smallest absolute Gasteiger partial charge is 0.188 e. The Kier molecular flexibility index (Phi) is 6.22. The van der Waals surface area contributed by atoms with Crippen molar-refractivity contribution in [1.29, 1.82) is 0 Å². The average Bonchev–Trinajstić information content (AvgIpc) is 2.35. The zero-order valence-corrected chi connectivity index (χ0v) is 11.4. The molecule has 4 nitrogen and oxygen atoms in total. The van der Waals surface area contributed by atoms with Gasteiger partial charge >= 0.3 is 0 Å². The summed E-state index contributed by atoms with van der Waals surface area (Å²) in [5, 5.41) is 3.10. The summed E-state index contributed by atoms with van der Waals surface area (Å²) >= 11 is 0. The van der Waals surface area contributed by atoms with Crippen molar-refractivity contribution in [2.75, 3.05) is 13.7 Å². The molecule has 0 heterocycles. The molecule has 0 aliphatic rings. The maximum atomic E-state index is 5.80. The summed E-state index contributed by atoms with van der Waals surface area (Å²) in [4.78, 5) is 4.34. The normalized spacial score (nSPS) is 11.9. The Labute approximate surface area is 109 Å². The Morgan fingerprint density at radius 3 is 2.61 bits per heavy atom. The summed E-state index contributed by atoms with van der Waals surface area (Å²) in [5.41, 5.74) is 8.10. The van der Waals surface area contributed by atoms with E-state index in [0.717, 1.165) is 17.7 Å². The summed E-state index contributed by atoms with van der Waals surface area (Å²) in [7, 11) is 1.69. The van der Waals surface area contributed by atoms with Gasteiger partial charge in [-0.05, 0) is 17.0 Å². The molecule has 0 radical (unpaired) electrons. The van der Waals surface area contributed by atoms with Crippen LogP contribution in [0.15, 0.2) is 29.3 Å². The third kappa shape index (κ3) is 5.19. The van der Waals surface area contributed by atoms with Crippen LogP contribution in [0.3, 0.4) is 0 Å². The van der Waals surface area contributed by atoms with Gasteiger partial charge in [0.1, 0.15) is 0 Å². The van der Waals surface area contributed by atoms with Crippen LogP contribution in [0.1, 0.15) is 25.0 Å². The van der Waals surface area contributed by atoms with E-state index in [-0.39, 0.29) is 0 Å². The second kappa shape index (κ2) is 7.71. The summed E-state index contributed by atoms with van der Waals surface area (Å²) < 4.78 is 5.16. The number of nitrogens with two attached hydrogens (primary N) is 1. The summed E-state index contributed by atoms with van der Waals surface area (Å²) in [6.45, 7) is 6.29. The molecule has 0 bridgehead atoms. The zero-order valence-electron chi connectivity index (χ0n) is 11.4. The van der Waals surface area contributed by atoms with Crippen LogP contribution < -0.4 is 11.1 Å². The standard InChI is InChI=1S/C14H23N3O/c1-11(2)8-16-14(15)17-9-12-6-4-5-7-13(12)10-18-3/h4-7,11H,8-10H2,1-3H3,(H3,15,16,17). The molecule has 3 N–H and O–H groups in total. The molecule has 1 aromatic rings. The van der Waals surface area contributed by atoms with Gasteiger partial charge in [-0.3, -0.25) is 0 Å². The molecule has 0 atom stereocenters. The number of methoxy groups -OCH3 is 1. The SMILES string of the molecule is COCc1ccccc1CN=C(N)NCC(C)C. The lowest BCUT2D eigenvalue weighted by Gasteiger charge is -2.09. The van der Waals surface area contributed by atoms with E-state index in [2.05, 4.69) is 24.2 Å². The molecule has 0 spiro atoms. The number of guanidine groups is 1. The van der Waals surface area contributed by atoms with Crippen LogP contribution in [-0.4, -0.2) is 19.6 Å². The van der Waals surface area contributed by atoms with Crippen molar-refractivity contribution in [2.24, 2.45) is 16.6 Å². The fraction of sp³-hybridized carbons (Fsp3) is 0.500. The molecule has 0 saturated carbocycles. The minimum Gasteiger partial charge on any atom is -0.380 e. The van der Waals surface area contributed by atoms with Crippen molar-refractivity contribution in [3.05, 3.63) is 35.4 Å². The molecule has 0 fully saturated rings.